The van der Waals surface area contributed by atoms with E-state index in [-0.39, 0.29) is 19.3 Å². The van der Waals surface area contributed by atoms with E-state index in [0.717, 1.165) is 12.8 Å². The first-order chi connectivity index (χ1) is 10.7. The summed E-state index contributed by atoms with van der Waals surface area (Å²) in [7, 11) is 0. The third-order valence-electron chi connectivity index (χ3n) is 3.23. The van der Waals surface area contributed by atoms with Gasteiger partial charge in [-0.3, -0.25) is 14.4 Å². The van der Waals surface area contributed by atoms with Gasteiger partial charge in [0, 0.05) is 0 Å². The van der Waals surface area contributed by atoms with Crippen LogP contribution in [0, 0.1) is 0 Å². The van der Waals surface area contributed by atoms with Gasteiger partial charge in [0.05, 0.1) is 19.1 Å². The number of allylic oxidation sites excluding steroid dienone is 1. The van der Waals surface area contributed by atoms with Crippen LogP contribution in [0.1, 0.15) is 77.6 Å². The van der Waals surface area contributed by atoms with Crippen molar-refractivity contribution in [2.45, 2.75) is 77.6 Å². The van der Waals surface area contributed by atoms with Crippen LogP contribution in [0.3, 0.4) is 0 Å². The van der Waals surface area contributed by atoms with Crippen LogP contribution < -0.4 is 0 Å². The van der Waals surface area contributed by atoms with E-state index in [1.165, 1.54) is 51.2 Å². The first kappa shape index (κ1) is 20.3. The number of unbranched alkanes of at least 4 members (excludes halogenated alkanes) is 8. The van der Waals surface area contributed by atoms with Crippen molar-refractivity contribution in [3.8, 4) is 0 Å². The normalized spacial score (nSPS) is 10.6. The summed E-state index contributed by atoms with van der Waals surface area (Å²) in [5, 5.41) is 0. The average molecular weight is 312 g/mol. The Morgan fingerprint density at radius 3 is 1.95 bits per heavy atom. The van der Waals surface area contributed by atoms with Gasteiger partial charge >= 0.3 is 18.4 Å². The molecule has 0 fully saturated rings. The van der Waals surface area contributed by atoms with E-state index in [4.69, 9.17) is 4.74 Å². The molecule has 0 aromatic heterocycles. The molecule has 0 unspecified atom stereocenters. The van der Waals surface area contributed by atoms with Crippen molar-refractivity contribution in [3.05, 3.63) is 12.3 Å². The number of carbonyl (C=O) groups excluding carboxylic acids is 3. The molecular formula is C17H28O5. The molecular weight excluding hydrogens is 284 g/mol. The van der Waals surface area contributed by atoms with Gasteiger partial charge < -0.3 is 9.47 Å². The van der Waals surface area contributed by atoms with Crippen LogP contribution in [-0.2, 0) is 23.9 Å². The predicted molar refractivity (Wildman–Crippen MR) is 83.8 cm³/mol. The van der Waals surface area contributed by atoms with E-state index in [2.05, 4.69) is 11.7 Å². The Morgan fingerprint density at radius 2 is 1.36 bits per heavy atom. The summed E-state index contributed by atoms with van der Waals surface area (Å²) in [6.45, 7) is 2.27. The molecule has 0 aliphatic carbocycles. The second-order valence-electron chi connectivity index (χ2n) is 5.21. The van der Waals surface area contributed by atoms with Gasteiger partial charge in [0.15, 0.2) is 0 Å². The van der Waals surface area contributed by atoms with Crippen LogP contribution in [0.5, 0.6) is 0 Å². The molecule has 0 spiro atoms. The highest BCUT2D eigenvalue weighted by Crippen LogP contribution is 2.09. The molecule has 5 nitrogen and oxygen atoms in total. The first-order valence-electron chi connectivity index (χ1n) is 8.18. The van der Waals surface area contributed by atoms with Crippen molar-refractivity contribution in [2.24, 2.45) is 0 Å². The summed E-state index contributed by atoms with van der Waals surface area (Å²) in [4.78, 5) is 31.9. The second-order valence-corrected chi connectivity index (χ2v) is 5.21. The molecule has 126 valence electrons. The largest absolute Gasteiger partial charge is 0.435 e. The zero-order valence-corrected chi connectivity index (χ0v) is 13.6. The molecule has 0 aliphatic rings. The zero-order valence-electron chi connectivity index (χ0n) is 13.6. The maximum Gasteiger partial charge on any atom is 0.313 e. The summed E-state index contributed by atoms with van der Waals surface area (Å²) in [6, 6.07) is 0. The van der Waals surface area contributed by atoms with Gasteiger partial charge in [-0.2, -0.15) is 0 Å². The van der Waals surface area contributed by atoms with Crippen molar-refractivity contribution in [3.63, 3.8) is 0 Å². The fourth-order valence-corrected chi connectivity index (χ4v) is 1.96. The molecule has 0 N–H and O–H groups in total. The molecule has 0 aromatic carbocycles. The number of hydrogen-bond donors (Lipinski definition) is 0. The molecule has 22 heavy (non-hydrogen) atoms. The standard InChI is InChI=1S/C17H28O5/c1-2-3-4-5-6-7-8-9-10-11-14-21-16(19)12-13-17(20)22-15-18/h11,14-15H,2-10,12-13H2,1H3. The highest BCUT2D eigenvalue weighted by atomic mass is 16.6. The van der Waals surface area contributed by atoms with Crippen molar-refractivity contribution < 1.29 is 23.9 Å². The van der Waals surface area contributed by atoms with Crippen LogP contribution >= 0.6 is 0 Å². The Hall–Kier alpha value is -1.65. The maximum atomic E-state index is 11.2. The smallest absolute Gasteiger partial charge is 0.313 e. The fourth-order valence-electron chi connectivity index (χ4n) is 1.96. The number of hydrogen-bond acceptors (Lipinski definition) is 5. The molecule has 0 amide bonds. The fraction of sp³-hybridized carbons (Fsp3) is 0.706. The third kappa shape index (κ3) is 14.8. The predicted octanol–water partition coefficient (Wildman–Crippen LogP) is 4.05. The quantitative estimate of drug-likeness (QED) is 0.159. The molecule has 0 saturated heterocycles. The van der Waals surface area contributed by atoms with Crippen LogP contribution in [0.4, 0.5) is 0 Å². The second kappa shape index (κ2) is 15.7. The lowest BCUT2D eigenvalue weighted by Crippen LogP contribution is -2.07. The minimum Gasteiger partial charge on any atom is -0.435 e. The van der Waals surface area contributed by atoms with Gasteiger partial charge in [-0.25, -0.2) is 0 Å². The average Bonchev–Trinajstić information content (AvgIpc) is 2.51. The van der Waals surface area contributed by atoms with Gasteiger partial charge in [-0.05, 0) is 18.9 Å². The molecule has 0 aliphatic heterocycles. The van der Waals surface area contributed by atoms with Crippen LogP contribution in [0.15, 0.2) is 12.3 Å². The topological polar surface area (TPSA) is 69.7 Å². The maximum absolute atomic E-state index is 11.2. The van der Waals surface area contributed by atoms with Crippen molar-refractivity contribution in [2.75, 3.05) is 0 Å². The third-order valence-corrected chi connectivity index (χ3v) is 3.23. The lowest BCUT2D eigenvalue weighted by atomic mass is 10.1. The van der Waals surface area contributed by atoms with Gasteiger partial charge in [0.1, 0.15) is 0 Å². The molecule has 0 rings (SSSR count). The summed E-state index contributed by atoms with van der Waals surface area (Å²) >= 11 is 0. The summed E-state index contributed by atoms with van der Waals surface area (Å²) in [5.41, 5.74) is 0. The molecule has 0 bridgehead atoms. The lowest BCUT2D eigenvalue weighted by Gasteiger charge is -2.00. The Labute approximate surface area is 133 Å². The Morgan fingerprint density at radius 1 is 0.818 bits per heavy atom. The Bertz CT molecular complexity index is 336. The van der Waals surface area contributed by atoms with Crippen LogP contribution in [0.25, 0.3) is 0 Å². The van der Waals surface area contributed by atoms with Crippen molar-refractivity contribution in [1.82, 2.24) is 0 Å². The summed E-state index contributed by atoms with van der Waals surface area (Å²) in [6.07, 6.45) is 14.0. The van der Waals surface area contributed by atoms with E-state index in [1.54, 1.807) is 0 Å². The summed E-state index contributed by atoms with van der Waals surface area (Å²) < 4.78 is 8.89. The highest BCUT2D eigenvalue weighted by Gasteiger charge is 2.07. The van der Waals surface area contributed by atoms with Crippen molar-refractivity contribution in [1.29, 1.82) is 0 Å². The highest BCUT2D eigenvalue weighted by molar-refractivity contribution is 5.81. The van der Waals surface area contributed by atoms with Gasteiger partial charge in [-0.15, -0.1) is 0 Å². The lowest BCUT2D eigenvalue weighted by molar-refractivity contribution is -0.153. The number of carbonyl (C=O) groups is 3. The zero-order chi connectivity index (χ0) is 16.5. The van der Waals surface area contributed by atoms with Gasteiger partial charge in [0.25, 0.3) is 0 Å². The van der Waals surface area contributed by atoms with E-state index < -0.39 is 11.9 Å². The number of ether oxygens (including phenoxy) is 2. The van der Waals surface area contributed by atoms with Crippen molar-refractivity contribution >= 4 is 18.4 Å². The van der Waals surface area contributed by atoms with Gasteiger partial charge in [0.2, 0.25) is 0 Å². The molecule has 0 saturated carbocycles. The SMILES string of the molecule is CCCCCCCCCCC=COC(=O)CCC(=O)OC=O. The van der Waals surface area contributed by atoms with Crippen LogP contribution in [-0.4, -0.2) is 18.4 Å². The minimum atomic E-state index is -0.727. The molecule has 5 heteroatoms. The number of rotatable bonds is 14. The molecule has 0 atom stereocenters. The monoisotopic (exact) mass is 312 g/mol. The van der Waals surface area contributed by atoms with E-state index in [1.807, 2.05) is 6.08 Å². The first-order valence-corrected chi connectivity index (χ1v) is 8.18. The van der Waals surface area contributed by atoms with E-state index in [0.29, 0.717) is 0 Å². The van der Waals surface area contributed by atoms with E-state index >= 15 is 0 Å². The molecule has 0 radical (unpaired) electrons. The van der Waals surface area contributed by atoms with Gasteiger partial charge in [-0.1, -0.05) is 51.9 Å². The number of esters is 2. The molecule has 0 aromatic rings. The summed E-state index contributed by atoms with van der Waals surface area (Å²) in [5.74, 6) is -1.23. The Balaban J connectivity index is 3.37. The van der Waals surface area contributed by atoms with Crippen LogP contribution in [0.2, 0.25) is 0 Å². The minimum absolute atomic E-state index is 0.0530. The molecule has 0 heterocycles. The Kier molecular flexibility index (Phi) is 14.6. The van der Waals surface area contributed by atoms with E-state index in [9.17, 15) is 14.4 Å².